The number of carbonyl (C=O) groups is 1. The van der Waals surface area contributed by atoms with Crippen molar-refractivity contribution in [3.05, 3.63) is 105 Å². The summed E-state index contributed by atoms with van der Waals surface area (Å²) in [5.41, 5.74) is 2.42. The Morgan fingerprint density at radius 3 is 2.69 bits per heavy atom. The highest BCUT2D eigenvalue weighted by Gasteiger charge is 2.36. The highest BCUT2D eigenvalue weighted by molar-refractivity contribution is 8.26. The number of nitrogens with one attached hydrogen (secondary N) is 1. The van der Waals surface area contributed by atoms with Gasteiger partial charge in [0.1, 0.15) is 21.5 Å². The van der Waals surface area contributed by atoms with Gasteiger partial charge in [0.05, 0.1) is 29.3 Å². The molecule has 0 unspecified atom stereocenters. The Morgan fingerprint density at radius 2 is 1.94 bits per heavy atom. The molecule has 0 radical (unpaired) electrons. The predicted molar refractivity (Wildman–Crippen MR) is 142 cm³/mol. The highest BCUT2D eigenvalue weighted by atomic mass is 32.2. The quantitative estimate of drug-likeness (QED) is 0.288. The molecule has 35 heavy (non-hydrogen) atoms. The summed E-state index contributed by atoms with van der Waals surface area (Å²) in [6.45, 7) is 4.19. The van der Waals surface area contributed by atoms with Crippen LogP contribution in [0.15, 0.2) is 81.2 Å². The smallest absolute Gasteiger partial charge is 0.267 e. The van der Waals surface area contributed by atoms with Crippen LogP contribution in [-0.4, -0.2) is 24.5 Å². The molecule has 1 fully saturated rings. The average molecular weight is 503 g/mol. The molecule has 1 amide bonds. The predicted octanol–water partition coefficient (Wildman–Crippen LogP) is 5.17. The van der Waals surface area contributed by atoms with Crippen molar-refractivity contribution < 1.29 is 9.21 Å². The van der Waals surface area contributed by atoms with Crippen molar-refractivity contribution in [3.8, 4) is 0 Å². The van der Waals surface area contributed by atoms with Crippen molar-refractivity contribution in [2.24, 2.45) is 0 Å². The number of carbonyl (C=O) groups excluding carboxylic acids is 1. The minimum atomic E-state index is -0.276. The third kappa shape index (κ3) is 4.52. The maximum absolute atomic E-state index is 13.5. The number of nitrogens with zero attached hydrogens (tertiary/aromatic N) is 3. The van der Waals surface area contributed by atoms with E-state index in [0.717, 1.165) is 11.1 Å². The first kappa shape index (κ1) is 23.1. The summed E-state index contributed by atoms with van der Waals surface area (Å²) in [6, 6.07) is 16.8. The number of furan rings is 1. The molecule has 7 nitrogen and oxygen atoms in total. The van der Waals surface area contributed by atoms with E-state index in [4.69, 9.17) is 16.6 Å². The summed E-state index contributed by atoms with van der Waals surface area (Å²) in [5.74, 6) is 0.837. The Morgan fingerprint density at radius 1 is 1.14 bits per heavy atom. The van der Waals surface area contributed by atoms with Gasteiger partial charge >= 0.3 is 0 Å². The zero-order chi connectivity index (χ0) is 24.5. The molecule has 1 N–H and O–H groups in total. The highest BCUT2D eigenvalue weighted by Crippen LogP contribution is 2.38. The van der Waals surface area contributed by atoms with Gasteiger partial charge in [-0.2, -0.15) is 0 Å². The lowest BCUT2D eigenvalue weighted by molar-refractivity contribution is -0.123. The average Bonchev–Trinajstić information content (AvgIpc) is 3.48. The summed E-state index contributed by atoms with van der Waals surface area (Å²) in [5, 5.41) is 3.19. The van der Waals surface area contributed by atoms with Gasteiger partial charge < -0.3 is 9.73 Å². The summed E-state index contributed by atoms with van der Waals surface area (Å²) in [6.07, 6.45) is 4.91. The molecule has 0 saturated carbocycles. The van der Waals surface area contributed by atoms with Crippen LogP contribution in [0.4, 0.5) is 5.82 Å². The minimum absolute atomic E-state index is 0.232. The molecule has 0 spiro atoms. The van der Waals surface area contributed by atoms with Crippen molar-refractivity contribution in [1.82, 2.24) is 14.3 Å². The van der Waals surface area contributed by atoms with Crippen molar-refractivity contribution in [2.75, 3.05) is 5.32 Å². The van der Waals surface area contributed by atoms with E-state index in [1.165, 1.54) is 16.2 Å². The maximum Gasteiger partial charge on any atom is 0.267 e. The number of aryl methyl sites for hydroxylation is 1. The number of aromatic nitrogens is 2. The van der Waals surface area contributed by atoms with Crippen LogP contribution in [-0.2, 0) is 11.3 Å². The number of anilines is 1. The molecule has 3 aromatic heterocycles. The lowest BCUT2D eigenvalue weighted by Crippen LogP contribution is -2.31. The fourth-order valence-electron chi connectivity index (χ4n) is 3.93. The number of hydrogen-bond acceptors (Lipinski definition) is 7. The van der Waals surface area contributed by atoms with Gasteiger partial charge in [-0.3, -0.25) is 18.9 Å². The molecule has 0 bridgehead atoms. The second kappa shape index (κ2) is 9.52. The van der Waals surface area contributed by atoms with Gasteiger partial charge in [0.15, 0.2) is 0 Å². The normalized spacial score (nSPS) is 15.8. The lowest BCUT2D eigenvalue weighted by atomic mass is 10.1. The van der Waals surface area contributed by atoms with Crippen molar-refractivity contribution >= 4 is 51.7 Å². The van der Waals surface area contributed by atoms with Crippen LogP contribution in [0.5, 0.6) is 0 Å². The number of pyridine rings is 1. The number of thiocarbonyl (C=S) groups is 1. The van der Waals surface area contributed by atoms with E-state index in [9.17, 15) is 9.59 Å². The molecule has 1 atom stereocenters. The van der Waals surface area contributed by atoms with E-state index >= 15 is 0 Å². The topological polar surface area (TPSA) is 79.8 Å². The van der Waals surface area contributed by atoms with Gasteiger partial charge in [0.25, 0.3) is 11.5 Å². The van der Waals surface area contributed by atoms with Crippen LogP contribution in [0.3, 0.4) is 0 Å². The van der Waals surface area contributed by atoms with Crippen molar-refractivity contribution in [2.45, 2.75) is 26.4 Å². The molecule has 4 heterocycles. The van der Waals surface area contributed by atoms with Crippen LogP contribution < -0.4 is 10.9 Å². The second-order valence-electron chi connectivity index (χ2n) is 8.19. The fourth-order valence-corrected chi connectivity index (χ4v) is 5.33. The molecule has 1 aromatic carbocycles. The van der Waals surface area contributed by atoms with Gasteiger partial charge in [0.2, 0.25) is 0 Å². The summed E-state index contributed by atoms with van der Waals surface area (Å²) < 4.78 is 7.35. The molecule has 9 heteroatoms. The zero-order valence-corrected chi connectivity index (χ0v) is 20.7. The van der Waals surface area contributed by atoms with Crippen LogP contribution in [0.1, 0.15) is 35.4 Å². The number of amides is 1. The molecule has 1 aliphatic heterocycles. The first-order chi connectivity index (χ1) is 16.9. The molecular weight excluding hydrogens is 480 g/mol. The molecule has 0 aliphatic carbocycles. The molecular formula is C26H22N4O3S2. The third-order valence-electron chi connectivity index (χ3n) is 5.78. The number of fused-ring (bicyclic) bond motifs is 1. The van der Waals surface area contributed by atoms with E-state index in [2.05, 4.69) is 10.3 Å². The second-order valence-corrected chi connectivity index (χ2v) is 9.86. The number of benzene rings is 1. The summed E-state index contributed by atoms with van der Waals surface area (Å²) in [7, 11) is 0. The van der Waals surface area contributed by atoms with E-state index in [1.807, 2.05) is 56.3 Å². The molecule has 4 aromatic rings. The van der Waals surface area contributed by atoms with Gasteiger partial charge in [-0.05, 0) is 49.2 Å². The first-order valence-corrected chi connectivity index (χ1v) is 12.3. The maximum atomic E-state index is 13.5. The van der Waals surface area contributed by atoms with E-state index < -0.39 is 0 Å². The first-order valence-electron chi connectivity index (χ1n) is 11.0. The number of hydrogen-bond donors (Lipinski definition) is 1. The molecule has 1 aliphatic rings. The third-order valence-corrected chi connectivity index (χ3v) is 7.11. The Balaban J connectivity index is 1.56. The summed E-state index contributed by atoms with van der Waals surface area (Å²) in [4.78, 5) is 33.6. The number of thioether (sulfide) groups is 1. The van der Waals surface area contributed by atoms with E-state index in [1.54, 1.807) is 35.6 Å². The Kier molecular flexibility index (Phi) is 6.27. The zero-order valence-electron chi connectivity index (χ0n) is 19.1. The molecule has 176 valence electrons. The van der Waals surface area contributed by atoms with E-state index in [0.29, 0.717) is 33.0 Å². The van der Waals surface area contributed by atoms with Crippen LogP contribution in [0.25, 0.3) is 11.7 Å². The van der Waals surface area contributed by atoms with Crippen molar-refractivity contribution in [1.29, 1.82) is 0 Å². The van der Waals surface area contributed by atoms with Crippen LogP contribution in [0, 0.1) is 6.92 Å². The van der Waals surface area contributed by atoms with Gasteiger partial charge in [0, 0.05) is 6.20 Å². The molecule has 1 saturated heterocycles. The molecule has 5 rings (SSSR count). The largest absolute Gasteiger partial charge is 0.467 e. The Hall–Kier alpha value is -3.69. The minimum Gasteiger partial charge on any atom is -0.467 e. The number of rotatable bonds is 6. The Labute approximate surface area is 211 Å². The van der Waals surface area contributed by atoms with Gasteiger partial charge in [-0.1, -0.05) is 60.4 Å². The van der Waals surface area contributed by atoms with Crippen LogP contribution in [0.2, 0.25) is 0 Å². The standard InChI is InChI=1S/C26H22N4O3S2/c1-16-10-11-22-28-23(27-14-19-9-6-12-33-19)20(24(31)29(22)15-16)13-21-25(32)30(26(34)35-21)17(2)18-7-4-3-5-8-18/h3-13,15,17,27H,14H2,1-2H3/b21-13+/t17-/m0/s1. The van der Waals surface area contributed by atoms with Gasteiger partial charge in [-0.25, -0.2) is 4.98 Å². The Bertz CT molecular complexity index is 1510. The summed E-state index contributed by atoms with van der Waals surface area (Å²) >= 11 is 6.74. The lowest BCUT2D eigenvalue weighted by Gasteiger charge is -2.23. The monoisotopic (exact) mass is 502 g/mol. The SMILES string of the molecule is Cc1ccc2nc(NCc3ccco3)c(/C=C3/SC(=S)N([C@@H](C)c4ccccc4)C3=O)c(=O)n2c1. The van der Waals surface area contributed by atoms with E-state index in [-0.39, 0.29) is 23.1 Å². The van der Waals surface area contributed by atoms with Gasteiger partial charge in [-0.15, -0.1) is 0 Å². The van der Waals surface area contributed by atoms with Crippen LogP contribution >= 0.6 is 24.0 Å². The fraction of sp³-hybridized carbons (Fsp3) is 0.154. The van der Waals surface area contributed by atoms with Crippen molar-refractivity contribution in [3.63, 3.8) is 0 Å².